The number of likely N-dealkylation sites (tertiary alicyclic amines) is 1. The molecule has 1 aromatic rings. The number of hydrogen-bond donors (Lipinski definition) is 1. The van der Waals surface area contributed by atoms with E-state index in [-0.39, 0.29) is 18.0 Å². The van der Waals surface area contributed by atoms with Gasteiger partial charge in [0.25, 0.3) is 0 Å². The topological polar surface area (TPSA) is 68.8 Å². The molecule has 0 aliphatic carbocycles. The Kier molecular flexibility index (Phi) is 4.13. The maximum atomic E-state index is 12.3. The first kappa shape index (κ1) is 14.6. The zero-order valence-electron chi connectivity index (χ0n) is 12.7. The third kappa shape index (κ3) is 2.98. The number of hydrogen-bond acceptors (Lipinski definition) is 4. The van der Waals surface area contributed by atoms with Gasteiger partial charge in [-0.15, -0.1) is 0 Å². The van der Waals surface area contributed by atoms with Crippen LogP contribution in [0.1, 0.15) is 6.42 Å². The van der Waals surface area contributed by atoms with E-state index in [4.69, 9.17) is 0 Å². The summed E-state index contributed by atoms with van der Waals surface area (Å²) in [5.41, 5.74) is 0. The Morgan fingerprint density at radius 3 is 2.59 bits per heavy atom. The number of nitrogens with one attached hydrogen (secondary N) is 1. The molecule has 0 unspecified atom stereocenters. The van der Waals surface area contributed by atoms with E-state index in [1.807, 2.05) is 18.2 Å². The van der Waals surface area contributed by atoms with Crippen LogP contribution in [0, 0.1) is 0 Å². The van der Waals surface area contributed by atoms with Gasteiger partial charge in [0.2, 0.25) is 5.91 Å². The van der Waals surface area contributed by atoms with E-state index in [9.17, 15) is 9.59 Å². The normalized spacial score (nSPS) is 22.1. The first-order valence-corrected chi connectivity index (χ1v) is 7.61. The van der Waals surface area contributed by atoms with Crippen molar-refractivity contribution in [1.29, 1.82) is 0 Å². The molecule has 0 aromatic carbocycles. The fourth-order valence-electron chi connectivity index (χ4n) is 2.88. The van der Waals surface area contributed by atoms with Crippen LogP contribution in [-0.4, -0.2) is 72.5 Å². The predicted molar refractivity (Wildman–Crippen MR) is 82.6 cm³/mol. The maximum Gasteiger partial charge on any atom is 0.318 e. The summed E-state index contributed by atoms with van der Waals surface area (Å²) in [4.78, 5) is 34.0. The molecule has 22 heavy (non-hydrogen) atoms. The number of piperazine rings is 1. The number of carbonyl (C=O) groups excluding carboxylic acids is 2. The Hall–Kier alpha value is -2.31. The molecule has 0 saturated carbocycles. The molecule has 118 valence electrons. The third-order valence-electron chi connectivity index (χ3n) is 4.27. The number of pyridine rings is 1. The lowest BCUT2D eigenvalue weighted by Crippen LogP contribution is -2.54. The van der Waals surface area contributed by atoms with Crippen LogP contribution < -0.4 is 10.2 Å². The van der Waals surface area contributed by atoms with Crippen molar-refractivity contribution in [3.05, 3.63) is 24.4 Å². The van der Waals surface area contributed by atoms with E-state index >= 15 is 0 Å². The highest BCUT2D eigenvalue weighted by Crippen LogP contribution is 2.13. The SMILES string of the molecule is CN1CC[C@@H](NC(=O)N2CCN(c3ccccn3)CC2)C1=O. The molecule has 3 heterocycles. The monoisotopic (exact) mass is 303 g/mol. The maximum absolute atomic E-state index is 12.3. The largest absolute Gasteiger partial charge is 0.353 e. The summed E-state index contributed by atoms with van der Waals surface area (Å²) in [5.74, 6) is 0.940. The van der Waals surface area contributed by atoms with E-state index in [0.29, 0.717) is 26.1 Å². The van der Waals surface area contributed by atoms with Crippen molar-refractivity contribution in [3.63, 3.8) is 0 Å². The minimum absolute atomic E-state index is 0.000437. The van der Waals surface area contributed by atoms with Gasteiger partial charge < -0.3 is 20.0 Å². The molecule has 1 aromatic heterocycles. The molecule has 0 bridgehead atoms. The molecule has 2 fully saturated rings. The van der Waals surface area contributed by atoms with E-state index in [1.54, 1.807) is 23.0 Å². The van der Waals surface area contributed by atoms with Crippen molar-refractivity contribution in [2.24, 2.45) is 0 Å². The fourth-order valence-corrected chi connectivity index (χ4v) is 2.88. The zero-order chi connectivity index (χ0) is 15.5. The summed E-state index contributed by atoms with van der Waals surface area (Å²) in [6.45, 7) is 3.49. The van der Waals surface area contributed by atoms with Gasteiger partial charge in [0.1, 0.15) is 11.9 Å². The molecule has 7 nitrogen and oxygen atoms in total. The molecule has 3 rings (SSSR count). The van der Waals surface area contributed by atoms with Crippen molar-refractivity contribution in [2.45, 2.75) is 12.5 Å². The van der Waals surface area contributed by atoms with Crippen molar-refractivity contribution in [3.8, 4) is 0 Å². The van der Waals surface area contributed by atoms with Crippen molar-refractivity contribution in [2.75, 3.05) is 44.7 Å². The second-order valence-electron chi connectivity index (χ2n) is 5.71. The van der Waals surface area contributed by atoms with Gasteiger partial charge in [0.05, 0.1) is 0 Å². The third-order valence-corrected chi connectivity index (χ3v) is 4.27. The minimum atomic E-state index is -0.369. The first-order valence-electron chi connectivity index (χ1n) is 7.61. The second-order valence-corrected chi connectivity index (χ2v) is 5.71. The highest BCUT2D eigenvalue weighted by Gasteiger charge is 2.32. The lowest BCUT2D eigenvalue weighted by molar-refractivity contribution is -0.128. The Balaban J connectivity index is 1.51. The van der Waals surface area contributed by atoms with Crippen LogP contribution in [-0.2, 0) is 4.79 Å². The lowest BCUT2D eigenvalue weighted by atomic mass is 10.2. The molecule has 0 radical (unpaired) electrons. The number of urea groups is 1. The molecule has 0 spiro atoms. The second kappa shape index (κ2) is 6.21. The molecule has 1 N–H and O–H groups in total. The van der Waals surface area contributed by atoms with Crippen LogP contribution in [0.4, 0.5) is 10.6 Å². The van der Waals surface area contributed by atoms with Crippen LogP contribution in [0.15, 0.2) is 24.4 Å². The summed E-state index contributed by atoms with van der Waals surface area (Å²) in [6, 6.07) is 5.32. The quantitative estimate of drug-likeness (QED) is 0.844. The van der Waals surface area contributed by atoms with E-state index in [0.717, 1.165) is 18.9 Å². The van der Waals surface area contributed by atoms with Gasteiger partial charge in [-0.05, 0) is 18.6 Å². The average Bonchev–Trinajstić information content (AvgIpc) is 2.88. The Morgan fingerprint density at radius 1 is 1.23 bits per heavy atom. The molecule has 2 aliphatic heterocycles. The molecule has 2 aliphatic rings. The summed E-state index contributed by atoms with van der Waals surface area (Å²) >= 11 is 0. The van der Waals surface area contributed by atoms with Crippen LogP contribution in [0.5, 0.6) is 0 Å². The van der Waals surface area contributed by atoms with Crippen molar-refractivity contribution >= 4 is 17.8 Å². The van der Waals surface area contributed by atoms with Gasteiger partial charge in [0, 0.05) is 46.0 Å². The summed E-state index contributed by atoms with van der Waals surface area (Å²) in [6.07, 6.45) is 2.46. The Bertz CT molecular complexity index is 542. The highest BCUT2D eigenvalue weighted by molar-refractivity contribution is 5.88. The molecule has 3 amide bonds. The van der Waals surface area contributed by atoms with Crippen LogP contribution in [0.25, 0.3) is 0 Å². The molecule has 1 atom stereocenters. The van der Waals surface area contributed by atoms with Gasteiger partial charge in [-0.25, -0.2) is 9.78 Å². The average molecular weight is 303 g/mol. The standard InChI is InChI=1S/C15H21N5O2/c1-18-7-5-12(14(18)21)17-15(22)20-10-8-19(9-11-20)13-4-2-3-6-16-13/h2-4,6,12H,5,7-11H2,1H3,(H,17,22)/t12-/m1/s1. The summed E-state index contributed by atoms with van der Waals surface area (Å²) < 4.78 is 0. The zero-order valence-corrected chi connectivity index (χ0v) is 12.7. The number of amides is 3. The van der Waals surface area contributed by atoms with Crippen molar-refractivity contribution < 1.29 is 9.59 Å². The number of aromatic nitrogens is 1. The molecule has 7 heteroatoms. The number of likely N-dealkylation sites (N-methyl/N-ethyl adjacent to an activating group) is 1. The van der Waals surface area contributed by atoms with Crippen molar-refractivity contribution in [1.82, 2.24) is 20.1 Å². The number of nitrogens with zero attached hydrogens (tertiary/aromatic N) is 4. The Labute approximate surface area is 129 Å². The number of anilines is 1. The summed E-state index contributed by atoms with van der Waals surface area (Å²) in [5, 5.41) is 2.85. The summed E-state index contributed by atoms with van der Waals surface area (Å²) in [7, 11) is 1.76. The van der Waals surface area contributed by atoms with Crippen LogP contribution in [0.3, 0.4) is 0 Å². The highest BCUT2D eigenvalue weighted by atomic mass is 16.2. The van der Waals surface area contributed by atoms with Gasteiger partial charge >= 0.3 is 6.03 Å². The van der Waals surface area contributed by atoms with E-state index in [2.05, 4.69) is 15.2 Å². The predicted octanol–water partition coefficient (Wildman–Crippen LogP) is 0.144. The van der Waals surface area contributed by atoms with Gasteiger partial charge in [-0.2, -0.15) is 0 Å². The smallest absolute Gasteiger partial charge is 0.318 e. The minimum Gasteiger partial charge on any atom is -0.353 e. The van der Waals surface area contributed by atoms with Crippen LogP contribution in [0.2, 0.25) is 0 Å². The lowest BCUT2D eigenvalue weighted by Gasteiger charge is -2.35. The fraction of sp³-hybridized carbons (Fsp3) is 0.533. The molecular weight excluding hydrogens is 282 g/mol. The van der Waals surface area contributed by atoms with E-state index in [1.165, 1.54) is 0 Å². The Morgan fingerprint density at radius 2 is 2.00 bits per heavy atom. The van der Waals surface area contributed by atoms with Crippen LogP contribution >= 0.6 is 0 Å². The van der Waals surface area contributed by atoms with Gasteiger partial charge in [0.15, 0.2) is 0 Å². The number of rotatable bonds is 2. The molecular formula is C15H21N5O2. The first-order chi connectivity index (χ1) is 10.6. The molecule has 2 saturated heterocycles. The van der Waals surface area contributed by atoms with Gasteiger partial charge in [-0.3, -0.25) is 4.79 Å². The number of carbonyl (C=O) groups is 2. The van der Waals surface area contributed by atoms with Gasteiger partial charge in [-0.1, -0.05) is 6.07 Å². The van der Waals surface area contributed by atoms with E-state index < -0.39 is 0 Å².